The van der Waals surface area contributed by atoms with Crippen LogP contribution in [0.3, 0.4) is 0 Å². The highest BCUT2D eigenvalue weighted by atomic mass is 79.9. The first-order chi connectivity index (χ1) is 9.08. The first-order valence-corrected chi connectivity index (χ1v) is 7.99. The summed E-state index contributed by atoms with van der Waals surface area (Å²) in [6, 6.07) is 1.14. The fraction of sp³-hybridized carbons (Fsp3) is 0.714. The van der Waals surface area contributed by atoms with Crippen molar-refractivity contribution in [1.29, 1.82) is 0 Å². The summed E-state index contributed by atoms with van der Waals surface area (Å²) in [7, 11) is 0. The van der Waals surface area contributed by atoms with Crippen molar-refractivity contribution in [3.05, 3.63) is 22.7 Å². The third kappa shape index (κ3) is 2.22. The molecule has 0 saturated carbocycles. The summed E-state index contributed by atoms with van der Waals surface area (Å²) in [6.45, 7) is 4.06. The molecular weight excluding hydrogens is 306 g/mol. The Morgan fingerprint density at radius 3 is 2.53 bits per heavy atom. The zero-order valence-corrected chi connectivity index (χ0v) is 13.0. The summed E-state index contributed by atoms with van der Waals surface area (Å²) in [6.07, 6.45) is 8.16. The molecule has 2 fully saturated rings. The average molecular weight is 326 g/mol. The Morgan fingerprint density at radius 1 is 1.32 bits per heavy atom. The van der Waals surface area contributed by atoms with E-state index in [0.29, 0.717) is 22.7 Å². The lowest BCUT2D eigenvalue weighted by Crippen LogP contribution is -2.47. The van der Waals surface area contributed by atoms with Crippen LogP contribution >= 0.6 is 15.9 Å². The van der Waals surface area contributed by atoms with Crippen LogP contribution in [-0.2, 0) is 0 Å². The molecule has 0 aliphatic carbocycles. The zero-order valence-electron chi connectivity index (χ0n) is 11.4. The van der Waals surface area contributed by atoms with Crippen molar-refractivity contribution in [3.8, 4) is 0 Å². The van der Waals surface area contributed by atoms with Gasteiger partial charge in [0.25, 0.3) is 5.56 Å². The van der Waals surface area contributed by atoms with Crippen molar-refractivity contribution >= 4 is 21.7 Å². The van der Waals surface area contributed by atoms with Gasteiger partial charge >= 0.3 is 0 Å². The van der Waals surface area contributed by atoms with Gasteiger partial charge in [0.15, 0.2) is 5.82 Å². The molecule has 0 N–H and O–H groups in total. The monoisotopic (exact) mass is 325 g/mol. The summed E-state index contributed by atoms with van der Waals surface area (Å²) >= 11 is 3.73. The average Bonchev–Trinajstić information content (AvgIpc) is 2.62. The molecule has 1 aromatic heterocycles. The lowest BCUT2D eigenvalue weighted by atomic mass is 10.0. The van der Waals surface area contributed by atoms with E-state index in [-0.39, 0.29) is 11.6 Å². The molecule has 2 saturated heterocycles. The van der Waals surface area contributed by atoms with Gasteiger partial charge in [-0.3, -0.25) is 4.79 Å². The molecule has 2 unspecified atom stereocenters. The SMILES string of the molecule is CC(C)n1ccnc(N2C3CCC2CC(Br)C3)c1=O. The van der Waals surface area contributed by atoms with Gasteiger partial charge in [0.1, 0.15) is 0 Å². The first-order valence-electron chi connectivity index (χ1n) is 7.07. The number of rotatable bonds is 2. The lowest BCUT2D eigenvalue weighted by Gasteiger charge is -2.37. The smallest absolute Gasteiger partial charge is 0.293 e. The van der Waals surface area contributed by atoms with Crippen LogP contribution < -0.4 is 10.5 Å². The van der Waals surface area contributed by atoms with Crippen LogP contribution in [0.5, 0.6) is 0 Å². The van der Waals surface area contributed by atoms with Crippen LogP contribution in [0.2, 0.25) is 0 Å². The minimum Gasteiger partial charge on any atom is -0.346 e. The van der Waals surface area contributed by atoms with E-state index in [9.17, 15) is 4.79 Å². The van der Waals surface area contributed by atoms with Crippen molar-refractivity contribution in [3.63, 3.8) is 0 Å². The number of halogens is 1. The Morgan fingerprint density at radius 2 is 1.95 bits per heavy atom. The maximum Gasteiger partial charge on any atom is 0.293 e. The second-order valence-electron chi connectivity index (χ2n) is 5.92. The third-order valence-electron chi connectivity index (χ3n) is 4.33. The Hall–Kier alpha value is -0.840. The molecule has 2 bridgehead atoms. The molecule has 19 heavy (non-hydrogen) atoms. The molecule has 3 rings (SSSR count). The van der Waals surface area contributed by atoms with Gasteiger partial charge in [0.2, 0.25) is 0 Å². The van der Waals surface area contributed by atoms with Gasteiger partial charge in [-0.2, -0.15) is 0 Å². The van der Waals surface area contributed by atoms with Crippen LogP contribution in [-0.4, -0.2) is 26.5 Å². The molecule has 1 aromatic rings. The highest BCUT2D eigenvalue weighted by Gasteiger charge is 2.41. The molecular formula is C14H20BrN3O. The van der Waals surface area contributed by atoms with Crippen LogP contribution in [0.1, 0.15) is 45.6 Å². The third-order valence-corrected chi connectivity index (χ3v) is 5.07. The van der Waals surface area contributed by atoms with Gasteiger partial charge in [0, 0.05) is 35.3 Å². The van der Waals surface area contributed by atoms with Crippen molar-refractivity contribution < 1.29 is 0 Å². The predicted octanol–water partition coefficient (Wildman–Crippen LogP) is 2.72. The Balaban J connectivity index is 2.00. The quantitative estimate of drug-likeness (QED) is 0.785. The number of hydrogen-bond acceptors (Lipinski definition) is 3. The van der Waals surface area contributed by atoms with E-state index < -0.39 is 0 Å². The van der Waals surface area contributed by atoms with E-state index in [4.69, 9.17) is 0 Å². The molecule has 5 heteroatoms. The molecule has 2 aliphatic heterocycles. The minimum atomic E-state index is 0.0578. The summed E-state index contributed by atoms with van der Waals surface area (Å²) < 4.78 is 1.78. The number of anilines is 1. The molecule has 2 aliphatic rings. The van der Waals surface area contributed by atoms with E-state index >= 15 is 0 Å². The number of piperidine rings is 1. The Kier molecular flexibility index (Phi) is 3.41. The second kappa shape index (κ2) is 4.93. The summed E-state index contributed by atoms with van der Waals surface area (Å²) in [5.74, 6) is 0.656. The van der Waals surface area contributed by atoms with E-state index in [2.05, 4.69) is 25.8 Å². The highest BCUT2D eigenvalue weighted by molar-refractivity contribution is 9.09. The summed E-state index contributed by atoms with van der Waals surface area (Å²) in [5, 5.41) is 0. The summed E-state index contributed by atoms with van der Waals surface area (Å²) in [5.41, 5.74) is 0.0578. The first kappa shape index (κ1) is 13.2. The minimum absolute atomic E-state index is 0.0578. The number of aromatic nitrogens is 2. The fourth-order valence-electron chi connectivity index (χ4n) is 3.45. The van der Waals surface area contributed by atoms with E-state index in [0.717, 1.165) is 12.8 Å². The molecule has 4 nitrogen and oxygen atoms in total. The molecule has 3 heterocycles. The maximum absolute atomic E-state index is 12.6. The number of hydrogen-bond donors (Lipinski definition) is 0. The Labute approximate surface area is 122 Å². The molecule has 0 spiro atoms. The zero-order chi connectivity index (χ0) is 13.6. The number of fused-ring (bicyclic) bond motifs is 2. The van der Waals surface area contributed by atoms with Gasteiger partial charge in [-0.05, 0) is 39.5 Å². The van der Waals surface area contributed by atoms with E-state index in [1.54, 1.807) is 17.0 Å². The molecule has 104 valence electrons. The lowest BCUT2D eigenvalue weighted by molar-refractivity contribution is 0.472. The molecule has 0 amide bonds. The van der Waals surface area contributed by atoms with Crippen molar-refractivity contribution in [2.45, 2.75) is 62.5 Å². The van der Waals surface area contributed by atoms with Crippen LogP contribution in [0.25, 0.3) is 0 Å². The van der Waals surface area contributed by atoms with Gasteiger partial charge in [-0.25, -0.2) is 4.98 Å². The largest absolute Gasteiger partial charge is 0.346 e. The predicted molar refractivity (Wildman–Crippen MR) is 80.1 cm³/mol. The second-order valence-corrected chi connectivity index (χ2v) is 7.21. The van der Waals surface area contributed by atoms with E-state index in [1.807, 2.05) is 13.8 Å². The molecule has 0 aromatic carbocycles. The van der Waals surface area contributed by atoms with Crippen LogP contribution in [0.4, 0.5) is 5.82 Å². The highest BCUT2D eigenvalue weighted by Crippen LogP contribution is 2.39. The normalized spacial score (nSPS) is 30.1. The Bertz CT molecular complexity index is 514. The van der Waals surface area contributed by atoms with Crippen molar-refractivity contribution in [2.75, 3.05) is 4.90 Å². The standard InChI is InChI=1S/C14H20BrN3O/c1-9(2)17-6-5-16-13(14(17)19)18-11-3-4-12(18)8-10(15)7-11/h5-6,9-12H,3-4,7-8H2,1-2H3. The van der Waals surface area contributed by atoms with Gasteiger partial charge < -0.3 is 9.47 Å². The van der Waals surface area contributed by atoms with Crippen molar-refractivity contribution in [1.82, 2.24) is 9.55 Å². The summed E-state index contributed by atoms with van der Waals surface area (Å²) in [4.78, 5) is 19.8. The van der Waals surface area contributed by atoms with Crippen LogP contribution in [0.15, 0.2) is 17.2 Å². The van der Waals surface area contributed by atoms with Gasteiger partial charge in [-0.15, -0.1) is 0 Å². The maximum atomic E-state index is 12.6. The molecule has 2 atom stereocenters. The van der Waals surface area contributed by atoms with Crippen LogP contribution in [0, 0.1) is 0 Å². The van der Waals surface area contributed by atoms with Gasteiger partial charge in [0.05, 0.1) is 0 Å². The topological polar surface area (TPSA) is 38.1 Å². The van der Waals surface area contributed by atoms with Gasteiger partial charge in [-0.1, -0.05) is 15.9 Å². The van der Waals surface area contributed by atoms with E-state index in [1.165, 1.54) is 12.8 Å². The molecule has 0 radical (unpaired) electrons. The van der Waals surface area contributed by atoms with Crippen molar-refractivity contribution in [2.24, 2.45) is 0 Å². The number of alkyl halides is 1. The number of nitrogens with zero attached hydrogens (tertiary/aromatic N) is 3. The fourth-order valence-corrected chi connectivity index (χ4v) is 4.32.